The molecule has 1 aromatic carbocycles. The van der Waals surface area contributed by atoms with Crippen LogP contribution in [0.5, 0.6) is 11.5 Å². The zero-order valence-corrected chi connectivity index (χ0v) is 35.1. The summed E-state index contributed by atoms with van der Waals surface area (Å²) in [4.78, 5) is 83.2. The molecule has 3 aliphatic rings. The number of carbonyl (C=O) groups is 6. The fourth-order valence-corrected chi connectivity index (χ4v) is 7.91. The van der Waals surface area contributed by atoms with Gasteiger partial charge in [-0.2, -0.15) is 8.42 Å². The Balaban J connectivity index is 1.88. The summed E-state index contributed by atoms with van der Waals surface area (Å²) in [6.07, 6.45) is -18.1. The second kappa shape index (κ2) is 20.7. The van der Waals surface area contributed by atoms with Gasteiger partial charge in [0.15, 0.2) is 17.7 Å². The summed E-state index contributed by atoms with van der Waals surface area (Å²) in [6.45, 7) is 5.53. The molecular formula is C36H54N8O19S. The normalized spacial score (nSPS) is 32.4. The first kappa shape index (κ1) is 51.4. The molecule has 64 heavy (non-hydrogen) atoms. The van der Waals surface area contributed by atoms with Gasteiger partial charge in [0.25, 0.3) is 0 Å². The Bertz CT molecular complexity index is 2060. The second-order valence-electron chi connectivity index (χ2n) is 15.9. The number of nitrogens with zero attached hydrogens (tertiary/aromatic N) is 2. The lowest BCUT2D eigenvalue weighted by Crippen LogP contribution is -2.63. The van der Waals surface area contributed by atoms with E-state index < -0.39 is 186 Å². The molecule has 358 valence electrons. The highest BCUT2D eigenvalue weighted by Crippen LogP contribution is 2.33. The van der Waals surface area contributed by atoms with E-state index in [4.69, 9.17) is 16.0 Å². The molecule has 4 rings (SSSR count). The van der Waals surface area contributed by atoms with Crippen molar-refractivity contribution >= 4 is 45.8 Å². The number of fused-ring (bicyclic) bond motifs is 2. The van der Waals surface area contributed by atoms with Gasteiger partial charge in [0.1, 0.15) is 42.5 Å². The Hall–Kier alpha value is -5.27. The van der Waals surface area contributed by atoms with Crippen molar-refractivity contribution in [3.63, 3.8) is 0 Å². The summed E-state index contributed by atoms with van der Waals surface area (Å²) < 4.78 is 36.3. The molecule has 1 aromatic rings. The first-order chi connectivity index (χ1) is 29.6. The minimum Gasteiger partial charge on any atom is -0.504 e. The standard InChI is InChI=1S/C36H54N8O19S/c1-12-10-43-13(2)24(20(48)9-23(38)50)39-34(57)26(30(53)29(52)15-4-5-19(47)22(6-15)63-64(60,61)62)41-32(55)18-7-16(46)11-44(18)36(59)25(14(3)45)40-31(54)17(37)8-21(49)33(56)42-35(58)27(43)28(12)51/h4-6,12,14,16-18,20-21,24-30,33,45-49,51-53,56H,2,7-11,37H2,1,3H3,(H2,38,50)(H,39,57)(H,40,54)(H,41,55)(H,42,58)(H,60,61,62)/t12?,14?,16?,17-,18+,20?,21-,24-,25+,26+,27+,28?,29?,30?,33?/m1/s1. The maximum Gasteiger partial charge on any atom is 0.446 e. The fourth-order valence-electron chi connectivity index (χ4n) is 7.55. The van der Waals surface area contributed by atoms with Crippen LogP contribution in [0.1, 0.15) is 44.8 Å². The average Bonchev–Trinajstić information content (AvgIpc) is 3.74. The lowest BCUT2D eigenvalue weighted by Gasteiger charge is -2.37. The number of phenolic OH excluding ortho intramolecular Hbond substituents is 1. The van der Waals surface area contributed by atoms with Crippen LogP contribution >= 0.6 is 0 Å². The van der Waals surface area contributed by atoms with Gasteiger partial charge in [0, 0.05) is 37.5 Å². The molecule has 0 spiro atoms. The molecule has 0 bridgehead atoms. The van der Waals surface area contributed by atoms with E-state index in [9.17, 15) is 83.1 Å². The van der Waals surface area contributed by atoms with E-state index in [1.54, 1.807) is 0 Å². The Morgan fingerprint density at radius 1 is 0.891 bits per heavy atom. The van der Waals surface area contributed by atoms with Gasteiger partial charge < -0.3 is 92.7 Å². The van der Waals surface area contributed by atoms with E-state index >= 15 is 0 Å². The number of hydrogen-bond acceptors (Lipinski definition) is 20. The van der Waals surface area contributed by atoms with Gasteiger partial charge in [-0.15, -0.1) is 0 Å². The lowest BCUT2D eigenvalue weighted by atomic mass is 9.96. The van der Waals surface area contributed by atoms with Gasteiger partial charge in [-0.25, -0.2) is 0 Å². The van der Waals surface area contributed by atoms with Gasteiger partial charge in [0.05, 0.1) is 42.9 Å². The quantitative estimate of drug-likeness (QED) is 0.102. The molecule has 0 saturated carbocycles. The van der Waals surface area contributed by atoms with Gasteiger partial charge in [-0.1, -0.05) is 19.6 Å². The van der Waals surface area contributed by atoms with Crippen molar-refractivity contribution in [1.82, 2.24) is 31.1 Å². The van der Waals surface area contributed by atoms with Crippen molar-refractivity contribution in [3.8, 4) is 11.5 Å². The maximum atomic E-state index is 14.4. The molecule has 27 nitrogen and oxygen atoms in total. The highest BCUT2D eigenvalue weighted by molar-refractivity contribution is 7.81. The molecule has 15 atom stereocenters. The number of nitrogens with one attached hydrogen (secondary N) is 4. The van der Waals surface area contributed by atoms with Crippen LogP contribution in [-0.2, 0) is 39.2 Å². The summed E-state index contributed by atoms with van der Waals surface area (Å²) in [5.74, 6) is -10.2. The number of hydrogen-bond donors (Lipinski definition) is 16. The first-order valence-corrected chi connectivity index (χ1v) is 21.0. The van der Waals surface area contributed by atoms with Crippen molar-refractivity contribution in [3.05, 3.63) is 36.0 Å². The number of carbonyl (C=O) groups excluding carboxylic acids is 6. The lowest BCUT2D eigenvalue weighted by molar-refractivity contribution is -0.145. The van der Waals surface area contributed by atoms with E-state index in [1.807, 2.05) is 0 Å². The Labute approximate surface area is 364 Å². The molecule has 0 aromatic heterocycles. The fraction of sp³-hybridized carbons (Fsp3) is 0.611. The summed E-state index contributed by atoms with van der Waals surface area (Å²) in [5, 5.41) is 107. The topological polar surface area (TPSA) is 455 Å². The molecule has 3 saturated heterocycles. The molecule has 3 heterocycles. The zero-order chi connectivity index (χ0) is 48.3. The predicted octanol–water partition coefficient (Wildman–Crippen LogP) is -8.28. The molecule has 0 radical (unpaired) electrons. The highest BCUT2D eigenvalue weighted by Gasteiger charge is 2.49. The number of aromatic hydroxyl groups is 1. The number of primary amides is 1. The van der Waals surface area contributed by atoms with Crippen LogP contribution in [0, 0.1) is 5.92 Å². The van der Waals surface area contributed by atoms with Crippen LogP contribution in [0.2, 0.25) is 0 Å². The molecule has 18 N–H and O–H groups in total. The number of benzene rings is 1. The minimum absolute atomic E-state index is 0.258. The molecule has 8 unspecified atom stereocenters. The van der Waals surface area contributed by atoms with E-state index in [0.29, 0.717) is 11.0 Å². The smallest absolute Gasteiger partial charge is 0.446 e. The van der Waals surface area contributed by atoms with Gasteiger partial charge in [-0.3, -0.25) is 33.3 Å². The van der Waals surface area contributed by atoms with Crippen molar-refractivity contribution in [2.45, 2.75) is 118 Å². The number of aliphatic hydroxyl groups excluding tert-OH is 8. The monoisotopic (exact) mass is 934 g/mol. The third-order valence-corrected chi connectivity index (χ3v) is 11.4. The Kier molecular flexibility index (Phi) is 16.6. The van der Waals surface area contributed by atoms with Crippen molar-refractivity contribution in [2.75, 3.05) is 13.1 Å². The Morgan fingerprint density at radius 2 is 1.50 bits per heavy atom. The maximum absolute atomic E-state index is 14.4. The molecule has 3 fully saturated rings. The van der Waals surface area contributed by atoms with Crippen LogP contribution in [0.15, 0.2) is 30.5 Å². The van der Waals surface area contributed by atoms with Crippen LogP contribution in [0.25, 0.3) is 0 Å². The third kappa shape index (κ3) is 12.1. The Morgan fingerprint density at radius 3 is 2.09 bits per heavy atom. The van der Waals surface area contributed by atoms with Gasteiger partial charge >= 0.3 is 10.4 Å². The van der Waals surface area contributed by atoms with Crippen molar-refractivity contribution in [1.29, 1.82) is 0 Å². The first-order valence-electron chi connectivity index (χ1n) is 19.6. The number of rotatable bonds is 9. The highest BCUT2D eigenvalue weighted by atomic mass is 32.3. The molecule has 0 aliphatic carbocycles. The van der Waals surface area contributed by atoms with Crippen LogP contribution in [0.3, 0.4) is 0 Å². The molecule has 6 amide bonds. The average molecular weight is 935 g/mol. The third-order valence-electron chi connectivity index (χ3n) is 11.0. The minimum atomic E-state index is -5.28. The number of phenols is 1. The summed E-state index contributed by atoms with van der Waals surface area (Å²) >= 11 is 0. The molecule has 3 aliphatic heterocycles. The molecule has 28 heteroatoms. The second-order valence-corrected chi connectivity index (χ2v) is 16.9. The zero-order valence-electron chi connectivity index (χ0n) is 34.2. The SMILES string of the molecule is C=C1[C@H](C(O)CC(N)=O)NC(=O)[C@H](C(O)C(O)c2ccc(O)c(OS(=O)(=O)O)c2)NC(=O)[C@@H]2CC(O)CN2C(=O)[C@H](C(C)O)NC(=O)[C@H](N)C[C@@H](O)C(O)NC(=O)[C@@H]2C(O)C(C)CN12. The van der Waals surface area contributed by atoms with Crippen LogP contribution in [-0.4, -0.2) is 196 Å². The predicted molar refractivity (Wildman–Crippen MR) is 212 cm³/mol. The van der Waals surface area contributed by atoms with Crippen molar-refractivity contribution in [2.24, 2.45) is 17.4 Å². The summed E-state index contributed by atoms with van der Waals surface area (Å²) in [7, 11) is -5.28. The van der Waals surface area contributed by atoms with Gasteiger partial charge in [0.2, 0.25) is 35.4 Å². The molecular weight excluding hydrogens is 880 g/mol. The largest absolute Gasteiger partial charge is 0.504 e. The van der Waals surface area contributed by atoms with Crippen LogP contribution in [0.4, 0.5) is 0 Å². The van der Waals surface area contributed by atoms with Crippen LogP contribution < -0.4 is 36.9 Å². The summed E-state index contributed by atoms with van der Waals surface area (Å²) in [5.41, 5.74) is 10.4. The van der Waals surface area contributed by atoms with E-state index in [0.717, 1.165) is 24.0 Å². The van der Waals surface area contributed by atoms with Crippen molar-refractivity contribution < 1.29 is 91.9 Å². The number of amides is 6. The number of nitrogens with two attached hydrogens (primary N) is 2. The van der Waals surface area contributed by atoms with E-state index in [-0.39, 0.29) is 6.54 Å². The van der Waals surface area contributed by atoms with Gasteiger partial charge in [-0.05, 0) is 24.6 Å². The van der Waals surface area contributed by atoms with E-state index in [2.05, 4.69) is 32.0 Å². The number of aliphatic hydroxyl groups is 8. The van der Waals surface area contributed by atoms with E-state index in [1.165, 1.54) is 6.92 Å². The summed E-state index contributed by atoms with van der Waals surface area (Å²) in [6, 6.07) is -9.17.